The number of aromatic nitrogens is 7. The number of carbonyl (C=O) groups excluding carboxylic acids is 1. The summed E-state index contributed by atoms with van der Waals surface area (Å²) in [6, 6.07) is 9.01. The van der Waals surface area contributed by atoms with Gasteiger partial charge >= 0.3 is 12.1 Å². The number of rotatable bonds is 5. The summed E-state index contributed by atoms with van der Waals surface area (Å²) < 4.78 is 43.1. The topological polar surface area (TPSA) is 141 Å². The maximum atomic E-state index is 14.1. The van der Waals surface area contributed by atoms with Crippen molar-refractivity contribution in [1.82, 2.24) is 34.7 Å². The molecular formula is C22H12ClF3N8O3. The molecule has 15 heteroatoms. The van der Waals surface area contributed by atoms with Crippen molar-refractivity contribution < 1.29 is 27.9 Å². The third-order valence-corrected chi connectivity index (χ3v) is 5.39. The number of halogens is 4. The number of aromatic carboxylic acids is 1. The summed E-state index contributed by atoms with van der Waals surface area (Å²) in [6.45, 7) is 0. The Morgan fingerprint density at radius 1 is 1.03 bits per heavy atom. The Kier molecular flexibility index (Phi) is 5.79. The maximum Gasteiger partial charge on any atom is 0.434 e. The van der Waals surface area contributed by atoms with E-state index in [2.05, 4.69) is 30.6 Å². The molecule has 0 unspecified atom stereocenters. The van der Waals surface area contributed by atoms with Gasteiger partial charge in [0.1, 0.15) is 0 Å². The summed E-state index contributed by atoms with van der Waals surface area (Å²) >= 11 is 6.16. The molecule has 0 spiro atoms. The van der Waals surface area contributed by atoms with Gasteiger partial charge in [-0.05, 0) is 30.3 Å². The fraction of sp³-hybridized carbons (Fsp3) is 0.0455. The van der Waals surface area contributed by atoms with Crippen LogP contribution < -0.4 is 5.32 Å². The van der Waals surface area contributed by atoms with Crippen molar-refractivity contribution in [1.29, 1.82) is 0 Å². The third kappa shape index (κ3) is 4.45. The van der Waals surface area contributed by atoms with E-state index in [-0.39, 0.29) is 27.9 Å². The maximum absolute atomic E-state index is 14.1. The van der Waals surface area contributed by atoms with E-state index in [0.717, 1.165) is 23.4 Å². The van der Waals surface area contributed by atoms with Gasteiger partial charge in [0.05, 0.1) is 46.1 Å². The summed E-state index contributed by atoms with van der Waals surface area (Å²) in [6.07, 6.45) is -0.509. The number of pyridine rings is 2. The van der Waals surface area contributed by atoms with Crippen LogP contribution in [0.4, 0.5) is 18.9 Å². The van der Waals surface area contributed by atoms with Crippen molar-refractivity contribution in [2.24, 2.45) is 0 Å². The third-order valence-electron chi connectivity index (χ3n) is 5.11. The Morgan fingerprint density at radius 3 is 2.54 bits per heavy atom. The van der Waals surface area contributed by atoms with Gasteiger partial charge in [-0.3, -0.25) is 9.78 Å². The molecule has 0 radical (unpaired) electrons. The summed E-state index contributed by atoms with van der Waals surface area (Å²) in [5.41, 5.74) is -1.84. The van der Waals surface area contributed by atoms with Gasteiger partial charge in [-0.15, -0.1) is 9.90 Å². The fourth-order valence-electron chi connectivity index (χ4n) is 3.55. The molecule has 37 heavy (non-hydrogen) atoms. The molecule has 11 nitrogen and oxygen atoms in total. The zero-order chi connectivity index (χ0) is 26.3. The van der Waals surface area contributed by atoms with Crippen LogP contribution in [0, 0.1) is 0 Å². The molecule has 1 aromatic carbocycles. The first-order valence-corrected chi connectivity index (χ1v) is 10.6. The number of hydrogen-bond donors (Lipinski definition) is 2. The van der Waals surface area contributed by atoms with Gasteiger partial charge in [-0.1, -0.05) is 17.7 Å². The molecule has 1 amide bonds. The number of carboxylic acid groups (broad SMARTS) is 1. The van der Waals surface area contributed by atoms with Crippen molar-refractivity contribution in [3.8, 4) is 11.5 Å². The lowest BCUT2D eigenvalue weighted by Gasteiger charge is -2.14. The second-order valence-corrected chi connectivity index (χ2v) is 7.88. The lowest BCUT2D eigenvalue weighted by molar-refractivity contribution is -0.143. The zero-order valence-electron chi connectivity index (χ0n) is 18.2. The van der Waals surface area contributed by atoms with E-state index in [4.69, 9.17) is 16.7 Å². The highest BCUT2D eigenvalue weighted by atomic mass is 35.5. The summed E-state index contributed by atoms with van der Waals surface area (Å²) in [4.78, 5) is 32.9. The van der Waals surface area contributed by atoms with Crippen molar-refractivity contribution >= 4 is 40.1 Å². The number of hydrogen-bond acceptors (Lipinski definition) is 7. The smallest absolute Gasteiger partial charge is 0.434 e. The zero-order valence-corrected chi connectivity index (χ0v) is 18.9. The van der Waals surface area contributed by atoms with Gasteiger partial charge in [0, 0.05) is 11.6 Å². The number of alkyl halides is 3. The van der Waals surface area contributed by atoms with Crippen LogP contribution in [0.1, 0.15) is 26.5 Å². The number of nitrogens with one attached hydrogen (secondary N) is 1. The van der Waals surface area contributed by atoms with Crippen LogP contribution in [0.5, 0.6) is 0 Å². The highest BCUT2D eigenvalue weighted by Crippen LogP contribution is 2.35. The molecule has 4 aromatic heterocycles. The van der Waals surface area contributed by atoms with Crippen LogP contribution >= 0.6 is 11.6 Å². The molecule has 5 aromatic rings. The standard InChI is InChI=1S/C22H12ClF3N8O3/c23-14-7-11(8-28-19(14)34-30-10-16(32-34)21(36)37)31-20(35)13-9-29-33(18(13)22(24,25)26)17-5-1-4-15-12(17)3-2-6-27-15/h1-10H,(H,31,35)(H,36,37). The van der Waals surface area contributed by atoms with Gasteiger partial charge in [0.2, 0.25) is 0 Å². The van der Waals surface area contributed by atoms with Crippen molar-refractivity contribution in [3.63, 3.8) is 0 Å². The lowest BCUT2D eigenvalue weighted by atomic mass is 10.1. The quantitative estimate of drug-likeness (QED) is 0.348. The molecule has 0 aliphatic rings. The lowest BCUT2D eigenvalue weighted by Crippen LogP contribution is -2.21. The first-order chi connectivity index (χ1) is 17.6. The van der Waals surface area contributed by atoms with E-state index in [9.17, 15) is 22.8 Å². The monoisotopic (exact) mass is 528 g/mol. The van der Waals surface area contributed by atoms with Crippen LogP contribution in [0.2, 0.25) is 5.02 Å². The molecule has 0 aliphatic heterocycles. The fourth-order valence-corrected chi connectivity index (χ4v) is 3.79. The summed E-state index contributed by atoms with van der Waals surface area (Å²) in [7, 11) is 0. The Balaban J connectivity index is 1.49. The van der Waals surface area contributed by atoms with E-state index < -0.39 is 29.3 Å². The van der Waals surface area contributed by atoms with Gasteiger partial charge in [0.25, 0.3) is 5.91 Å². The first-order valence-electron chi connectivity index (χ1n) is 10.3. The number of benzene rings is 1. The molecule has 0 saturated carbocycles. The average molecular weight is 529 g/mol. The normalized spacial score (nSPS) is 11.6. The molecule has 0 fully saturated rings. The van der Waals surface area contributed by atoms with Crippen LogP contribution in [-0.4, -0.2) is 51.7 Å². The minimum atomic E-state index is -4.93. The predicted octanol–water partition coefficient (Wildman–Crippen LogP) is 4.02. The second-order valence-electron chi connectivity index (χ2n) is 7.47. The Labute approximate surface area is 209 Å². The Hall–Kier alpha value is -4.85. The number of anilines is 1. The van der Waals surface area contributed by atoms with Crippen molar-refractivity contribution in [2.75, 3.05) is 5.32 Å². The first kappa shape index (κ1) is 23.9. The number of carbonyl (C=O) groups is 2. The molecule has 2 N–H and O–H groups in total. The molecule has 4 heterocycles. The molecule has 0 bridgehead atoms. The minimum Gasteiger partial charge on any atom is -0.476 e. The Morgan fingerprint density at radius 2 is 1.84 bits per heavy atom. The number of fused-ring (bicyclic) bond motifs is 1. The van der Waals surface area contributed by atoms with E-state index in [1.807, 2.05) is 0 Å². The van der Waals surface area contributed by atoms with Crippen LogP contribution in [0.15, 0.2) is 61.2 Å². The predicted molar refractivity (Wildman–Crippen MR) is 123 cm³/mol. The highest BCUT2D eigenvalue weighted by Gasteiger charge is 2.41. The molecule has 0 aliphatic carbocycles. The van der Waals surface area contributed by atoms with E-state index in [1.165, 1.54) is 24.4 Å². The molecular weight excluding hydrogens is 517 g/mol. The van der Waals surface area contributed by atoms with Crippen LogP contribution in [-0.2, 0) is 6.18 Å². The van der Waals surface area contributed by atoms with Gasteiger partial charge in [-0.2, -0.15) is 23.4 Å². The number of amides is 1. The molecule has 186 valence electrons. The number of nitrogens with zero attached hydrogens (tertiary/aromatic N) is 7. The van der Waals surface area contributed by atoms with Crippen molar-refractivity contribution in [3.05, 3.63) is 83.2 Å². The van der Waals surface area contributed by atoms with E-state index in [1.54, 1.807) is 18.2 Å². The van der Waals surface area contributed by atoms with Crippen molar-refractivity contribution in [2.45, 2.75) is 6.18 Å². The number of carboxylic acids is 1. The largest absolute Gasteiger partial charge is 0.476 e. The van der Waals surface area contributed by atoms with E-state index >= 15 is 0 Å². The van der Waals surface area contributed by atoms with Crippen LogP contribution in [0.25, 0.3) is 22.4 Å². The minimum absolute atomic E-state index is 0.0281. The van der Waals surface area contributed by atoms with E-state index in [0.29, 0.717) is 15.6 Å². The average Bonchev–Trinajstić information content (AvgIpc) is 3.52. The van der Waals surface area contributed by atoms with Gasteiger partial charge in [0.15, 0.2) is 17.2 Å². The molecule has 5 rings (SSSR count). The second kappa shape index (κ2) is 8.98. The van der Waals surface area contributed by atoms with Crippen LogP contribution in [0.3, 0.4) is 0 Å². The summed E-state index contributed by atoms with van der Waals surface area (Å²) in [5.74, 6) is -2.47. The Bertz CT molecular complexity index is 1680. The summed E-state index contributed by atoms with van der Waals surface area (Å²) in [5, 5.41) is 22.9. The highest BCUT2D eigenvalue weighted by molar-refractivity contribution is 6.32. The SMILES string of the molecule is O=C(O)c1cnn(-c2ncc(NC(=O)c3cnn(-c4cccc5ncccc45)c3C(F)(F)F)cc2Cl)n1. The molecule has 0 saturated heterocycles. The van der Waals surface area contributed by atoms with Gasteiger partial charge < -0.3 is 10.4 Å². The van der Waals surface area contributed by atoms with Gasteiger partial charge in [-0.25, -0.2) is 14.5 Å². The molecule has 0 atom stereocenters.